The van der Waals surface area contributed by atoms with E-state index in [1.807, 2.05) is 37.5 Å². The van der Waals surface area contributed by atoms with Gasteiger partial charge in [-0.1, -0.05) is 12.1 Å². The standard InChI is InChI=1S/C12H12IN3O/c1-16-8-9(7-15-16)6-14-12(17)10-4-2-3-5-11(10)13/h2-5,7-8H,6H2,1H3,(H,14,17). The van der Waals surface area contributed by atoms with Gasteiger partial charge in [-0.3, -0.25) is 9.48 Å². The monoisotopic (exact) mass is 341 g/mol. The van der Waals surface area contributed by atoms with Crippen molar-refractivity contribution in [1.82, 2.24) is 15.1 Å². The highest BCUT2D eigenvalue weighted by molar-refractivity contribution is 14.1. The van der Waals surface area contributed by atoms with E-state index >= 15 is 0 Å². The predicted octanol–water partition coefficient (Wildman–Crippen LogP) is 1.95. The number of halogens is 1. The second-order valence-corrected chi connectivity index (χ2v) is 4.85. The Balaban J connectivity index is 2.01. The fourth-order valence-corrected chi connectivity index (χ4v) is 2.12. The number of carbonyl (C=O) groups is 1. The summed E-state index contributed by atoms with van der Waals surface area (Å²) < 4.78 is 2.67. The molecule has 0 aliphatic rings. The maximum atomic E-state index is 11.9. The van der Waals surface area contributed by atoms with Gasteiger partial charge in [0.15, 0.2) is 0 Å². The third-order valence-electron chi connectivity index (χ3n) is 2.33. The van der Waals surface area contributed by atoms with Crippen molar-refractivity contribution >= 4 is 28.5 Å². The maximum absolute atomic E-state index is 11.9. The molecule has 0 fully saturated rings. The molecular weight excluding hydrogens is 329 g/mol. The van der Waals surface area contributed by atoms with E-state index in [1.165, 1.54) is 0 Å². The van der Waals surface area contributed by atoms with Crippen LogP contribution in [0.2, 0.25) is 0 Å². The van der Waals surface area contributed by atoms with Gasteiger partial charge < -0.3 is 5.32 Å². The molecule has 1 N–H and O–H groups in total. The van der Waals surface area contributed by atoms with Gasteiger partial charge in [-0.05, 0) is 34.7 Å². The predicted molar refractivity (Wildman–Crippen MR) is 73.5 cm³/mol. The molecular formula is C12H12IN3O. The van der Waals surface area contributed by atoms with Crippen LogP contribution in [0.15, 0.2) is 36.7 Å². The molecule has 1 heterocycles. The number of carbonyl (C=O) groups excluding carboxylic acids is 1. The van der Waals surface area contributed by atoms with Gasteiger partial charge in [0.1, 0.15) is 0 Å². The van der Waals surface area contributed by atoms with Crippen LogP contribution in [0.25, 0.3) is 0 Å². The number of benzene rings is 1. The molecule has 1 aromatic heterocycles. The van der Waals surface area contributed by atoms with Gasteiger partial charge in [0.2, 0.25) is 0 Å². The Hall–Kier alpha value is -1.37. The summed E-state index contributed by atoms with van der Waals surface area (Å²) in [5.41, 5.74) is 1.70. The largest absolute Gasteiger partial charge is 0.348 e. The summed E-state index contributed by atoms with van der Waals surface area (Å²) in [4.78, 5) is 11.9. The topological polar surface area (TPSA) is 46.9 Å². The zero-order valence-corrected chi connectivity index (χ0v) is 11.5. The van der Waals surface area contributed by atoms with Crippen LogP contribution in [0.4, 0.5) is 0 Å². The summed E-state index contributed by atoms with van der Waals surface area (Å²) in [7, 11) is 1.85. The Kier molecular flexibility index (Phi) is 3.78. The molecule has 2 aromatic rings. The van der Waals surface area contributed by atoms with Gasteiger partial charge in [-0.2, -0.15) is 5.10 Å². The number of aromatic nitrogens is 2. The van der Waals surface area contributed by atoms with Crippen molar-refractivity contribution in [2.75, 3.05) is 0 Å². The molecule has 0 aliphatic carbocycles. The normalized spacial score (nSPS) is 10.2. The lowest BCUT2D eigenvalue weighted by molar-refractivity contribution is 0.0950. The van der Waals surface area contributed by atoms with Crippen molar-refractivity contribution in [3.05, 3.63) is 51.4 Å². The first-order chi connectivity index (χ1) is 8.16. The number of nitrogens with one attached hydrogen (secondary N) is 1. The molecule has 0 radical (unpaired) electrons. The second kappa shape index (κ2) is 5.31. The molecule has 2 rings (SSSR count). The van der Waals surface area contributed by atoms with Gasteiger partial charge in [-0.25, -0.2) is 0 Å². The Morgan fingerprint density at radius 3 is 2.88 bits per heavy atom. The van der Waals surface area contributed by atoms with Crippen molar-refractivity contribution in [3.63, 3.8) is 0 Å². The highest BCUT2D eigenvalue weighted by Crippen LogP contribution is 2.11. The minimum Gasteiger partial charge on any atom is -0.348 e. The molecule has 0 saturated heterocycles. The van der Waals surface area contributed by atoms with E-state index in [9.17, 15) is 4.79 Å². The summed E-state index contributed by atoms with van der Waals surface area (Å²) in [5.74, 6) is -0.0566. The zero-order valence-electron chi connectivity index (χ0n) is 9.35. The van der Waals surface area contributed by atoms with E-state index in [0.29, 0.717) is 12.1 Å². The van der Waals surface area contributed by atoms with Crippen molar-refractivity contribution in [3.8, 4) is 0 Å². The first-order valence-electron chi connectivity index (χ1n) is 5.17. The molecule has 1 aromatic carbocycles. The zero-order chi connectivity index (χ0) is 12.3. The van der Waals surface area contributed by atoms with E-state index < -0.39 is 0 Å². The average Bonchev–Trinajstić information content (AvgIpc) is 2.73. The maximum Gasteiger partial charge on any atom is 0.252 e. The lowest BCUT2D eigenvalue weighted by atomic mass is 10.2. The molecule has 0 unspecified atom stereocenters. The van der Waals surface area contributed by atoms with Crippen LogP contribution in [-0.2, 0) is 13.6 Å². The van der Waals surface area contributed by atoms with Crippen molar-refractivity contribution in [1.29, 1.82) is 0 Å². The molecule has 0 bridgehead atoms. The number of hydrogen-bond donors (Lipinski definition) is 1. The molecule has 0 atom stereocenters. The van der Waals surface area contributed by atoms with E-state index in [-0.39, 0.29) is 5.91 Å². The Morgan fingerprint density at radius 1 is 1.47 bits per heavy atom. The summed E-state index contributed by atoms with van der Waals surface area (Å²) in [6.07, 6.45) is 3.63. The molecule has 4 nitrogen and oxygen atoms in total. The third kappa shape index (κ3) is 3.06. The Morgan fingerprint density at radius 2 is 2.24 bits per heavy atom. The van der Waals surface area contributed by atoms with Crippen LogP contribution < -0.4 is 5.32 Å². The lowest BCUT2D eigenvalue weighted by Gasteiger charge is -2.05. The fraction of sp³-hybridized carbons (Fsp3) is 0.167. The lowest BCUT2D eigenvalue weighted by Crippen LogP contribution is -2.23. The van der Waals surface area contributed by atoms with Gasteiger partial charge in [0.05, 0.1) is 11.8 Å². The van der Waals surface area contributed by atoms with Crippen LogP contribution in [0.5, 0.6) is 0 Å². The second-order valence-electron chi connectivity index (χ2n) is 3.68. The highest BCUT2D eigenvalue weighted by atomic mass is 127. The first kappa shape index (κ1) is 12.1. The smallest absolute Gasteiger partial charge is 0.252 e. The molecule has 5 heteroatoms. The van der Waals surface area contributed by atoms with Crippen LogP contribution in [-0.4, -0.2) is 15.7 Å². The number of aryl methyl sites for hydroxylation is 1. The average molecular weight is 341 g/mol. The quantitative estimate of drug-likeness (QED) is 0.868. The van der Waals surface area contributed by atoms with Gasteiger partial charge in [0.25, 0.3) is 5.91 Å². The first-order valence-corrected chi connectivity index (χ1v) is 6.25. The summed E-state index contributed by atoms with van der Waals surface area (Å²) in [6.45, 7) is 0.498. The summed E-state index contributed by atoms with van der Waals surface area (Å²) >= 11 is 2.16. The molecule has 0 aliphatic heterocycles. The minimum absolute atomic E-state index is 0.0566. The van der Waals surface area contributed by atoms with Crippen LogP contribution >= 0.6 is 22.6 Å². The van der Waals surface area contributed by atoms with E-state index in [4.69, 9.17) is 0 Å². The summed E-state index contributed by atoms with van der Waals surface area (Å²) in [5, 5.41) is 6.92. The van der Waals surface area contributed by atoms with Gasteiger partial charge in [0, 0.05) is 28.9 Å². The number of amides is 1. The SMILES string of the molecule is Cn1cc(CNC(=O)c2ccccc2I)cn1. The number of nitrogens with zero attached hydrogens (tertiary/aromatic N) is 2. The van der Waals surface area contributed by atoms with E-state index in [2.05, 4.69) is 33.0 Å². The third-order valence-corrected chi connectivity index (χ3v) is 3.27. The number of rotatable bonds is 3. The number of hydrogen-bond acceptors (Lipinski definition) is 2. The van der Waals surface area contributed by atoms with Crippen molar-refractivity contribution < 1.29 is 4.79 Å². The van der Waals surface area contributed by atoms with Crippen LogP contribution in [0.3, 0.4) is 0 Å². The van der Waals surface area contributed by atoms with Crippen molar-refractivity contribution in [2.24, 2.45) is 7.05 Å². The molecule has 17 heavy (non-hydrogen) atoms. The Bertz CT molecular complexity index is 536. The molecule has 88 valence electrons. The van der Waals surface area contributed by atoms with E-state index in [1.54, 1.807) is 10.9 Å². The Labute approximate surface area is 113 Å². The van der Waals surface area contributed by atoms with Crippen LogP contribution in [0, 0.1) is 3.57 Å². The van der Waals surface area contributed by atoms with Gasteiger partial charge >= 0.3 is 0 Å². The van der Waals surface area contributed by atoms with Crippen LogP contribution in [0.1, 0.15) is 15.9 Å². The molecule has 0 saturated carbocycles. The molecule has 1 amide bonds. The summed E-state index contributed by atoms with van der Waals surface area (Å²) in [6, 6.07) is 7.51. The van der Waals surface area contributed by atoms with E-state index in [0.717, 1.165) is 9.13 Å². The minimum atomic E-state index is -0.0566. The van der Waals surface area contributed by atoms with Crippen molar-refractivity contribution in [2.45, 2.75) is 6.54 Å². The highest BCUT2D eigenvalue weighted by Gasteiger charge is 2.08. The van der Waals surface area contributed by atoms with Gasteiger partial charge in [-0.15, -0.1) is 0 Å². The fourth-order valence-electron chi connectivity index (χ4n) is 1.49. The molecule has 0 spiro atoms.